The highest BCUT2D eigenvalue weighted by Crippen LogP contribution is 2.40. The largest absolute Gasteiger partial charge is 0.507 e. The van der Waals surface area contributed by atoms with Gasteiger partial charge in [-0.15, -0.1) is 0 Å². The van der Waals surface area contributed by atoms with Crippen LogP contribution in [0.2, 0.25) is 0 Å². The molecule has 1 aliphatic heterocycles. The van der Waals surface area contributed by atoms with E-state index in [0.717, 1.165) is 25.2 Å². The van der Waals surface area contributed by atoms with Crippen LogP contribution in [0.25, 0.3) is 0 Å². The molecule has 0 spiro atoms. The molecule has 1 saturated heterocycles. The van der Waals surface area contributed by atoms with Crippen molar-refractivity contribution in [3.63, 3.8) is 0 Å². The Balaban J connectivity index is 1.92. The van der Waals surface area contributed by atoms with Crippen LogP contribution in [0.1, 0.15) is 121 Å². The van der Waals surface area contributed by atoms with Crippen LogP contribution >= 0.6 is 0 Å². The average Bonchev–Trinajstić information content (AvgIpc) is 2.89. The SMILES string of the molecule is Cc1c(C)c(O[C@@H]2OC[C@@H](O)[C@H](O)[C@H]2O)c(C)c(CC[C@](C)(O)CCCC(C)(O)CCC[C@H](C)CCCC(C)C)c1O. The number of aromatic hydroxyl groups is 1. The van der Waals surface area contributed by atoms with E-state index in [9.17, 15) is 30.6 Å². The first-order chi connectivity index (χ1) is 19.5. The molecule has 1 aliphatic rings. The van der Waals surface area contributed by atoms with Crippen LogP contribution in [0, 0.1) is 32.6 Å². The zero-order valence-electron chi connectivity index (χ0n) is 27.4. The number of hydrogen-bond donors (Lipinski definition) is 6. The number of phenolic OH excluding ortho intramolecular Hbond substituents is 1. The van der Waals surface area contributed by atoms with Crippen LogP contribution in [-0.4, -0.2) is 73.1 Å². The Bertz CT molecular complexity index is 973. The molecule has 8 nitrogen and oxygen atoms in total. The van der Waals surface area contributed by atoms with E-state index in [2.05, 4.69) is 20.8 Å². The van der Waals surface area contributed by atoms with Gasteiger partial charge in [0, 0.05) is 5.56 Å². The van der Waals surface area contributed by atoms with Crippen LogP contribution < -0.4 is 4.74 Å². The van der Waals surface area contributed by atoms with Crippen molar-refractivity contribution < 1.29 is 40.1 Å². The first-order valence-electron chi connectivity index (χ1n) is 16.0. The topological polar surface area (TPSA) is 140 Å². The molecule has 8 heteroatoms. The summed E-state index contributed by atoms with van der Waals surface area (Å²) in [6.07, 6.45) is 4.18. The van der Waals surface area contributed by atoms with Gasteiger partial charge in [0.15, 0.2) is 0 Å². The fourth-order valence-corrected chi connectivity index (χ4v) is 6.00. The lowest BCUT2D eigenvalue weighted by molar-refractivity contribution is -0.242. The molecule has 1 unspecified atom stereocenters. The summed E-state index contributed by atoms with van der Waals surface area (Å²) in [6.45, 7) is 15.8. The van der Waals surface area contributed by atoms with Gasteiger partial charge in [0.2, 0.25) is 6.29 Å². The number of phenols is 1. The van der Waals surface area contributed by atoms with E-state index in [1.807, 2.05) is 13.8 Å². The Morgan fingerprint density at radius 3 is 1.98 bits per heavy atom. The molecule has 0 saturated carbocycles. The summed E-state index contributed by atoms with van der Waals surface area (Å²) in [7, 11) is 0. The van der Waals surface area contributed by atoms with Gasteiger partial charge in [-0.3, -0.25) is 0 Å². The minimum absolute atomic E-state index is 0.148. The summed E-state index contributed by atoms with van der Waals surface area (Å²) in [5, 5.41) is 63.2. The van der Waals surface area contributed by atoms with Crippen LogP contribution in [0.4, 0.5) is 0 Å². The molecule has 244 valence electrons. The Hall–Kier alpha value is -1.42. The third-order valence-electron chi connectivity index (χ3n) is 9.26. The normalized spacial score (nSPS) is 24.8. The molecular formula is C34H60O8. The Labute approximate surface area is 254 Å². The lowest BCUT2D eigenvalue weighted by atomic mass is 9.85. The highest BCUT2D eigenvalue weighted by molar-refractivity contribution is 5.57. The number of hydrogen-bond acceptors (Lipinski definition) is 8. The number of rotatable bonds is 17. The third kappa shape index (κ3) is 10.9. The highest BCUT2D eigenvalue weighted by Gasteiger charge is 2.39. The second-order valence-electron chi connectivity index (χ2n) is 14.1. The van der Waals surface area contributed by atoms with Crippen LogP contribution in [-0.2, 0) is 11.2 Å². The smallest absolute Gasteiger partial charge is 0.228 e. The number of benzene rings is 1. The van der Waals surface area contributed by atoms with E-state index >= 15 is 0 Å². The van der Waals surface area contributed by atoms with Crippen molar-refractivity contribution in [1.29, 1.82) is 0 Å². The number of aliphatic hydroxyl groups is 5. The van der Waals surface area contributed by atoms with Crippen molar-refractivity contribution in [2.45, 2.75) is 162 Å². The van der Waals surface area contributed by atoms with Crippen molar-refractivity contribution >= 4 is 0 Å². The maximum atomic E-state index is 11.2. The van der Waals surface area contributed by atoms with Crippen LogP contribution in [0.5, 0.6) is 11.5 Å². The first-order valence-corrected chi connectivity index (χ1v) is 16.0. The van der Waals surface area contributed by atoms with Gasteiger partial charge in [0.1, 0.15) is 29.8 Å². The summed E-state index contributed by atoms with van der Waals surface area (Å²) >= 11 is 0. The van der Waals surface area contributed by atoms with Gasteiger partial charge < -0.3 is 40.1 Å². The van der Waals surface area contributed by atoms with E-state index in [-0.39, 0.29) is 12.4 Å². The lowest BCUT2D eigenvalue weighted by Crippen LogP contribution is -2.54. The van der Waals surface area contributed by atoms with Crippen molar-refractivity contribution in [3.05, 3.63) is 22.3 Å². The molecule has 0 amide bonds. The minimum Gasteiger partial charge on any atom is -0.507 e. The minimum atomic E-state index is -1.43. The Morgan fingerprint density at radius 2 is 1.36 bits per heavy atom. The fourth-order valence-electron chi connectivity index (χ4n) is 6.00. The van der Waals surface area contributed by atoms with Gasteiger partial charge in [0.25, 0.3) is 0 Å². The molecule has 7 atom stereocenters. The monoisotopic (exact) mass is 596 g/mol. The summed E-state index contributed by atoms with van der Waals surface area (Å²) < 4.78 is 11.4. The average molecular weight is 597 g/mol. The first kappa shape index (κ1) is 36.8. The van der Waals surface area contributed by atoms with E-state index in [4.69, 9.17) is 9.47 Å². The molecule has 0 radical (unpaired) electrons. The maximum Gasteiger partial charge on any atom is 0.228 e. The molecule has 1 fully saturated rings. The molecule has 0 bridgehead atoms. The predicted octanol–water partition coefficient (Wildman–Crippen LogP) is 5.37. The van der Waals surface area contributed by atoms with Crippen molar-refractivity contribution in [3.8, 4) is 11.5 Å². The molecule has 0 aromatic heterocycles. The molecule has 1 heterocycles. The van der Waals surface area contributed by atoms with E-state index in [1.165, 1.54) is 19.3 Å². The van der Waals surface area contributed by atoms with Crippen molar-refractivity contribution in [2.75, 3.05) is 6.61 Å². The van der Waals surface area contributed by atoms with E-state index < -0.39 is 35.8 Å². The van der Waals surface area contributed by atoms with Crippen LogP contribution in [0.3, 0.4) is 0 Å². The van der Waals surface area contributed by atoms with Gasteiger partial charge in [-0.05, 0) is 102 Å². The van der Waals surface area contributed by atoms with Gasteiger partial charge in [-0.1, -0.05) is 52.9 Å². The van der Waals surface area contributed by atoms with E-state index in [1.54, 1.807) is 20.8 Å². The Morgan fingerprint density at radius 1 is 0.786 bits per heavy atom. The standard InChI is InChI=1S/C34H60O8/c1-21(2)12-9-13-22(3)14-10-16-33(7,39)17-11-18-34(8,40)19-15-26-25(6)31(24(5)23(4)28(26)36)42-32-30(38)29(37)27(35)20-41-32/h21-22,27,29-30,32,35-40H,9-20H2,1-8H3/t22-,27-,29+,30-,32+,33?,34-/m1/s1. The maximum absolute atomic E-state index is 11.2. The molecule has 1 aromatic rings. The molecular weight excluding hydrogens is 536 g/mol. The van der Waals surface area contributed by atoms with E-state index in [0.29, 0.717) is 66.0 Å². The lowest BCUT2D eigenvalue weighted by Gasteiger charge is -2.36. The zero-order valence-corrected chi connectivity index (χ0v) is 27.4. The molecule has 1 aromatic carbocycles. The molecule has 0 aliphatic carbocycles. The molecule has 6 N–H and O–H groups in total. The molecule has 2 rings (SSSR count). The second-order valence-corrected chi connectivity index (χ2v) is 14.1. The molecule has 42 heavy (non-hydrogen) atoms. The second kappa shape index (κ2) is 16.1. The Kier molecular flexibility index (Phi) is 14.1. The van der Waals surface area contributed by atoms with Gasteiger partial charge in [-0.25, -0.2) is 0 Å². The van der Waals surface area contributed by atoms with Crippen molar-refractivity contribution in [1.82, 2.24) is 0 Å². The van der Waals surface area contributed by atoms with Crippen molar-refractivity contribution in [2.24, 2.45) is 11.8 Å². The highest BCUT2D eigenvalue weighted by atomic mass is 16.7. The van der Waals surface area contributed by atoms with Gasteiger partial charge >= 0.3 is 0 Å². The quantitative estimate of drug-likeness (QED) is 0.141. The van der Waals surface area contributed by atoms with Gasteiger partial charge in [-0.2, -0.15) is 0 Å². The zero-order chi connectivity index (χ0) is 31.8. The summed E-state index contributed by atoms with van der Waals surface area (Å²) in [5.41, 5.74) is 0.893. The fraction of sp³-hybridized carbons (Fsp3) is 0.824. The summed E-state index contributed by atoms with van der Waals surface area (Å²) in [4.78, 5) is 0. The van der Waals surface area contributed by atoms with Gasteiger partial charge in [0.05, 0.1) is 17.8 Å². The number of ether oxygens (including phenoxy) is 2. The predicted molar refractivity (Wildman–Crippen MR) is 166 cm³/mol. The number of aliphatic hydroxyl groups excluding tert-OH is 3. The third-order valence-corrected chi connectivity index (χ3v) is 9.26. The van der Waals surface area contributed by atoms with Crippen LogP contribution in [0.15, 0.2) is 0 Å². The summed E-state index contributed by atoms with van der Waals surface area (Å²) in [5.74, 6) is 2.02. The summed E-state index contributed by atoms with van der Waals surface area (Å²) in [6, 6.07) is 0.